The number of allylic oxidation sites excluding steroid dienone is 4. The molecule has 1 rings (SSSR count). The normalized spacial score (nSPS) is 14.0. The molecular formula is C17H29N5. The minimum atomic E-state index is 0.740. The summed E-state index contributed by atoms with van der Waals surface area (Å²) < 4.78 is 2.04. The number of nitrogens with two attached hydrogens (primary N) is 1. The van der Waals surface area contributed by atoms with Crippen molar-refractivity contribution in [3.05, 3.63) is 41.4 Å². The second-order valence-electron chi connectivity index (χ2n) is 5.69. The molecule has 0 bridgehead atoms. The molecule has 0 aliphatic heterocycles. The third-order valence-corrected chi connectivity index (χ3v) is 3.78. The maximum absolute atomic E-state index is 5.83. The third-order valence-electron chi connectivity index (χ3n) is 3.78. The summed E-state index contributed by atoms with van der Waals surface area (Å²) in [5.74, 6) is 0. The van der Waals surface area contributed by atoms with Crippen LogP contribution < -0.4 is 5.73 Å². The molecule has 122 valence electrons. The number of aromatic nitrogens is 2. The molecule has 0 radical (unpaired) electrons. The van der Waals surface area contributed by atoms with Crippen molar-refractivity contribution in [1.29, 1.82) is 0 Å². The lowest BCUT2D eigenvalue weighted by atomic mass is 10.1. The molecule has 22 heavy (non-hydrogen) atoms. The first-order valence-corrected chi connectivity index (χ1v) is 7.80. The van der Waals surface area contributed by atoms with Gasteiger partial charge in [0.15, 0.2) is 0 Å². The summed E-state index contributed by atoms with van der Waals surface area (Å²) in [5, 5.41) is 0. The van der Waals surface area contributed by atoms with Crippen molar-refractivity contribution in [2.75, 3.05) is 7.05 Å². The van der Waals surface area contributed by atoms with Gasteiger partial charge in [-0.15, -0.1) is 0 Å². The van der Waals surface area contributed by atoms with Gasteiger partial charge in [-0.3, -0.25) is 0 Å². The number of aliphatic imine (C=N–C) groups is 1. The van der Waals surface area contributed by atoms with E-state index in [-0.39, 0.29) is 0 Å². The van der Waals surface area contributed by atoms with Gasteiger partial charge in [0.2, 0.25) is 0 Å². The van der Waals surface area contributed by atoms with Crippen LogP contribution in [0.3, 0.4) is 0 Å². The fraction of sp³-hybridized carbons (Fsp3) is 0.529. The first-order chi connectivity index (χ1) is 10.5. The minimum Gasteiger partial charge on any atom is -0.401 e. The van der Waals surface area contributed by atoms with Gasteiger partial charge >= 0.3 is 0 Å². The SMILES string of the molecule is CCCC/C(C)=C(\Cn1ccnc1)N=CN(C)/C(C)=C(/C)N. The highest BCUT2D eigenvalue weighted by Gasteiger charge is 2.04. The minimum absolute atomic E-state index is 0.740. The highest BCUT2D eigenvalue weighted by Crippen LogP contribution is 2.15. The molecule has 1 heterocycles. The molecule has 0 aromatic carbocycles. The average Bonchev–Trinajstić information content (AvgIpc) is 3.00. The topological polar surface area (TPSA) is 59.4 Å². The molecule has 0 atom stereocenters. The Morgan fingerprint density at radius 2 is 2.09 bits per heavy atom. The van der Waals surface area contributed by atoms with E-state index in [1.807, 2.05) is 49.2 Å². The largest absolute Gasteiger partial charge is 0.401 e. The first kappa shape index (κ1) is 18.0. The third kappa shape index (κ3) is 5.76. The van der Waals surface area contributed by atoms with Crippen molar-refractivity contribution < 1.29 is 0 Å². The van der Waals surface area contributed by atoms with Gasteiger partial charge in [-0.1, -0.05) is 13.3 Å². The van der Waals surface area contributed by atoms with Gasteiger partial charge in [0.05, 0.1) is 24.9 Å². The molecule has 0 aliphatic rings. The van der Waals surface area contributed by atoms with Crippen molar-refractivity contribution in [2.45, 2.75) is 53.5 Å². The smallest absolute Gasteiger partial charge is 0.0949 e. The van der Waals surface area contributed by atoms with Crippen molar-refractivity contribution in [1.82, 2.24) is 14.5 Å². The second-order valence-corrected chi connectivity index (χ2v) is 5.69. The lowest BCUT2D eigenvalue weighted by Crippen LogP contribution is -2.17. The summed E-state index contributed by atoms with van der Waals surface area (Å²) in [6, 6.07) is 0. The molecule has 2 N–H and O–H groups in total. The van der Waals surface area contributed by atoms with Gasteiger partial charge in [-0.05, 0) is 39.2 Å². The Kier molecular flexibility index (Phi) is 7.43. The number of rotatable bonds is 8. The molecule has 0 fully saturated rings. The highest BCUT2D eigenvalue weighted by molar-refractivity contribution is 5.59. The van der Waals surface area contributed by atoms with Crippen LogP contribution in [0.25, 0.3) is 0 Å². The Morgan fingerprint density at radius 3 is 2.64 bits per heavy atom. The number of hydrogen-bond acceptors (Lipinski definition) is 3. The molecule has 0 aliphatic carbocycles. The van der Waals surface area contributed by atoms with E-state index in [4.69, 9.17) is 10.7 Å². The Balaban J connectivity index is 2.93. The zero-order valence-corrected chi connectivity index (χ0v) is 14.5. The number of imidazole rings is 1. The fourth-order valence-electron chi connectivity index (χ4n) is 1.95. The van der Waals surface area contributed by atoms with E-state index in [0.29, 0.717) is 0 Å². The Bertz CT molecular complexity index is 533. The molecule has 0 amide bonds. The van der Waals surface area contributed by atoms with Crippen LogP contribution in [0.15, 0.2) is 46.4 Å². The Morgan fingerprint density at radius 1 is 1.36 bits per heavy atom. The van der Waals surface area contributed by atoms with E-state index in [2.05, 4.69) is 18.8 Å². The van der Waals surface area contributed by atoms with Crippen LogP contribution in [0.5, 0.6) is 0 Å². The van der Waals surface area contributed by atoms with Crippen LogP contribution >= 0.6 is 0 Å². The zero-order valence-electron chi connectivity index (χ0n) is 14.5. The predicted octanol–water partition coefficient (Wildman–Crippen LogP) is 3.52. The van der Waals surface area contributed by atoms with Crippen LogP contribution in [0, 0.1) is 0 Å². The van der Waals surface area contributed by atoms with Crippen LogP contribution in [0.4, 0.5) is 0 Å². The van der Waals surface area contributed by atoms with E-state index in [0.717, 1.165) is 30.1 Å². The number of hydrogen-bond donors (Lipinski definition) is 1. The molecule has 1 aromatic heterocycles. The van der Waals surface area contributed by atoms with Crippen molar-refractivity contribution in [3.8, 4) is 0 Å². The molecule has 5 nitrogen and oxygen atoms in total. The van der Waals surface area contributed by atoms with Crippen LogP contribution in [0.1, 0.15) is 47.0 Å². The maximum Gasteiger partial charge on any atom is 0.0949 e. The summed E-state index contributed by atoms with van der Waals surface area (Å²) in [6.45, 7) is 9.00. The van der Waals surface area contributed by atoms with E-state index >= 15 is 0 Å². The quantitative estimate of drug-likeness (QED) is 0.590. The lowest BCUT2D eigenvalue weighted by molar-refractivity contribution is 0.629. The van der Waals surface area contributed by atoms with Gasteiger partial charge in [0, 0.05) is 30.8 Å². The van der Waals surface area contributed by atoms with Crippen LogP contribution in [-0.2, 0) is 6.54 Å². The van der Waals surface area contributed by atoms with Gasteiger partial charge in [-0.25, -0.2) is 9.98 Å². The van der Waals surface area contributed by atoms with Gasteiger partial charge < -0.3 is 15.2 Å². The highest BCUT2D eigenvalue weighted by atomic mass is 15.1. The molecule has 0 spiro atoms. The van der Waals surface area contributed by atoms with Crippen molar-refractivity contribution in [3.63, 3.8) is 0 Å². The summed E-state index contributed by atoms with van der Waals surface area (Å²) in [7, 11) is 1.96. The molecule has 5 heteroatoms. The fourth-order valence-corrected chi connectivity index (χ4v) is 1.95. The first-order valence-electron chi connectivity index (χ1n) is 7.80. The van der Waals surface area contributed by atoms with E-state index < -0.39 is 0 Å². The van der Waals surface area contributed by atoms with Crippen LogP contribution in [0.2, 0.25) is 0 Å². The van der Waals surface area contributed by atoms with Gasteiger partial charge in [-0.2, -0.15) is 0 Å². The number of nitrogens with zero attached hydrogens (tertiary/aromatic N) is 4. The standard InChI is InChI=1S/C17H29N5/c1-6-7-8-14(2)17(11-22-10-9-19-12-22)20-13-21(5)16(4)15(3)18/h9-10,12-13H,6-8,11,18H2,1-5H3/b16-15-,17-14+,20-13?. The maximum atomic E-state index is 5.83. The lowest BCUT2D eigenvalue weighted by Gasteiger charge is -2.16. The molecule has 0 saturated heterocycles. The molecule has 1 aromatic rings. The Hall–Kier alpha value is -2.04. The van der Waals surface area contributed by atoms with Crippen LogP contribution in [-0.4, -0.2) is 27.8 Å². The molecular weight excluding hydrogens is 274 g/mol. The zero-order chi connectivity index (χ0) is 16.5. The summed E-state index contributed by atoms with van der Waals surface area (Å²) in [6.07, 6.45) is 10.9. The van der Waals surface area contributed by atoms with Crippen molar-refractivity contribution in [2.24, 2.45) is 10.7 Å². The summed E-state index contributed by atoms with van der Waals surface area (Å²) in [4.78, 5) is 10.7. The van der Waals surface area contributed by atoms with Gasteiger partial charge in [0.25, 0.3) is 0 Å². The molecule has 0 unspecified atom stereocenters. The summed E-state index contributed by atoms with van der Waals surface area (Å²) >= 11 is 0. The average molecular weight is 303 g/mol. The van der Waals surface area contributed by atoms with Gasteiger partial charge in [0.1, 0.15) is 0 Å². The van der Waals surface area contributed by atoms with Crippen molar-refractivity contribution >= 4 is 6.34 Å². The van der Waals surface area contributed by atoms with E-state index in [1.165, 1.54) is 18.4 Å². The van der Waals surface area contributed by atoms with E-state index in [1.54, 1.807) is 6.20 Å². The monoisotopic (exact) mass is 303 g/mol. The predicted molar refractivity (Wildman–Crippen MR) is 93.3 cm³/mol. The second kappa shape index (κ2) is 9.07. The summed E-state index contributed by atoms with van der Waals surface area (Å²) in [5.41, 5.74) is 10.1. The van der Waals surface area contributed by atoms with E-state index in [9.17, 15) is 0 Å². The molecule has 0 saturated carbocycles. The Labute approximate surface area is 134 Å². The number of unbranched alkanes of at least 4 members (excludes halogenated alkanes) is 1.